The van der Waals surface area contributed by atoms with E-state index in [0.29, 0.717) is 0 Å². The lowest BCUT2D eigenvalue weighted by Gasteiger charge is -2.14. The Balaban J connectivity index is 0.945. The molecule has 0 aliphatic rings. The molecule has 52 heavy (non-hydrogen) atoms. The highest BCUT2D eigenvalue weighted by Gasteiger charge is 2.16. The van der Waals surface area contributed by atoms with Gasteiger partial charge in [0, 0.05) is 32.7 Å². The van der Waals surface area contributed by atoms with Crippen molar-refractivity contribution < 1.29 is 0 Å². The first-order valence-electron chi connectivity index (χ1n) is 17.9. The summed E-state index contributed by atoms with van der Waals surface area (Å²) in [5.74, 6) is 0. The number of rotatable bonds is 6. The molecule has 0 aliphatic carbocycles. The average molecular weight is 663 g/mol. The minimum absolute atomic E-state index is 1.17. The normalized spacial score (nSPS) is 11.8. The minimum Gasteiger partial charge on any atom is -0.309 e. The molecule has 8 aromatic carbocycles. The van der Waals surface area contributed by atoms with E-state index in [9.17, 15) is 0 Å². The first kappa shape index (κ1) is 30.0. The highest BCUT2D eigenvalue weighted by molar-refractivity contribution is 6.10. The largest absolute Gasteiger partial charge is 0.309 e. The Kier molecular flexibility index (Phi) is 7.18. The van der Waals surface area contributed by atoms with Crippen LogP contribution < -0.4 is 0 Å². The summed E-state index contributed by atoms with van der Waals surface area (Å²) in [6.07, 6.45) is 4.40. The summed E-state index contributed by atoms with van der Waals surface area (Å²) >= 11 is 0. The van der Waals surface area contributed by atoms with E-state index in [4.69, 9.17) is 0 Å². The number of hydrogen-bond acceptors (Lipinski definition) is 0. The van der Waals surface area contributed by atoms with Crippen LogP contribution in [0.1, 0.15) is 11.1 Å². The fourth-order valence-corrected chi connectivity index (χ4v) is 7.93. The lowest BCUT2D eigenvalue weighted by molar-refractivity contribution is 1.18. The van der Waals surface area contributed by atoms with Crippen molar-refractivity contribution in [2.45, 2.75) is 0 Å². The van der Waals surface area contributed by atoms with E-state index in [1.807, 2.05) is 0 Å². The summed E-state index contributed by atoms with van der Waals surface area (Å²) < 4.78 is 4.80. The van der Waals surface area contributed by atoms with Crippen molar-refractivity contribution in [3.05, 3.63) is 205 Å². The molecule has 2 nitrogen and oxygen atoms in total. The molecule has 0 aliphatic heterocycles. The number of aromatic nitrogens is 2. The van der Waals surface area contributed by atoms with Crippen LogP contribution >= 0.6 is 0 Å². The number of hydrogen-bond donors (Lipinski definition) is 0. The van der Waals surface area contributed by atoms with E-state index in [2.05, 4.69) is 215 Å². The molecule has 0 spiro atoms. The highest BCUT2D eigenvalue weighted by atomic mass is 15.0. The summed E-state index contributed by atoms with van der Waals surface area (Å²) in [7, 11) is 0. The summed E-state index contributed by atoms with van der Waals surface area (Å²) in [6, 6.07) is 70.0. The Hall–Kier alpha value is -6.90. The number of nitrogens with zero attached hydrogens (tertiary/aromatic N) is 2. The maximum atomic E-state index is 2.40. The molecule has 0 fully saturated rings. The van der Waals surface area contributed by atoms with Gasteiger partial charge in [-0.15, -0.1) is 0 Å². The summed E-state index contributed by atoms with van der Waals surface area (Å²) in [5.41, 5.74) is 14.4. The molecule has 0 unspecified atom stereocenters. The molecule has 0 bridgehead atoms. The van der Waals surface area contributed by atoms with Gasteiger partial charge in [0.15, 0.2) is 0 Å². The molecule has 0 radical (unpaired) electrons. The van der Waals surface area contributed by atoms with Gasteiger partial charge >= 0.3 is 0 Å². The van der Waals surface area contributed by atoms with Crippen molar-refractivity contribution in [1.82, 2.24) is 9.13 Å². The van der Waals surface area contributed by atoms with Crippen LogP contribution in [0.2, 0.25) is 0 Å². The Bertz CT molecular complexity index is 2630. The maximum Gasteiger partial charge on any atom is 0.0541 e. The van der Waals surface area contributed by atoms with Crippen molar-refractivity contribution in [3.63, 3.8) is 0 Å². The van der Waals surface area contributed by atoms with E-state index in [-0.39, 0.29) is 0 Å². The molecule has 2 heterocycles. The van der Waals surface area contributed by atoms with Gasteiger partial charge in [0.05, 0.1) is 33.4 Å². The van der Waals surface area contributed by atoms with Gasteiger partial charge in [-0.25, -0.2) is 0 Å². The average Bonchev–Trinajstić information content (AvgIpc) is 3.74. The van der Waals surface area contributed by atoms with Gasteiger partial charge in [0.25, 0.3) is 0 Å². The number of benzene rings is 8. The lowest BCUT2D eigenvalue weighted by Crippen LogP contribution is -1.97. The van der Waals surface area contributed by atoms with E-state index >= 15 is 0 Å². The van der Waals surface area contributed by atoms with E-state index in [1.165, 1.54) is 88.4 Å². The Morgan fingerprint density at radius 1 is 0.269 bits per heavy atom. The molecule has 10 aromatic rings. The van der Waals surface area contributed by atoms with Gasteiger partial charge in [-0.05, 0) is 58.7 Å². The quantitative estimate of drug-likeness (QED) is 0.157. The predicted molar refractivity (Wildman–Crippen MR) is 221 cm³/mol. The van der Waals surface area contributed by atoms with Gasteiger partial charge in [-0.3, -0.25) is 0 Å². The van der Waals surface area contributed by atoms with Gasteiger partial charge in [-0.1, -0.05) is 170 Å². The van der Waals surface area contributed by atoms with Crippen molar-refractivity contribution in [3.8, 4) is 33.6 Å². The van der Waals surface area contributed by atoms with E-state index in [1.54, 1.807) is 0 Å². The van der Waals surface area contributed by atoms with Gasteiger partial charge in [-0.2, -0.15) is 0 Å². The second-order valence-corrected chi connectivity index (χ2v) is 13.4. The summed E-state index contributed by atoms with van der Waals surface area (Å²) in [6.45, 7) is 0. The zero-order chi connectivity index (χ0) is 34.4. The first-order chi connectivity index (χ1) is 25.8. The molecular weight excluding hydrogens is 629 g/mol. The first-order valence-corrected chi connectivity index (χ1v) is 17.9. The van der Waals surface area contributed by atoms with Gasteiger partial charge in [0.1, 0.15) is 0 Å². The molecule has 0 amide bonds. The van der Waals surface area contributed by atoms with Crippen LogP contribution in [0.3, 0.4) is 0 Å². The maximum absolute atomic E-state index is 2.40. The zero-order valence-electron chi connectivity index (χ0n) is 28.5. The third-order valence-electron chi connectivity index (χ3n) is 10.4. The Morgan fingerprint density at radius 2 is 0.558 bits per heavy atom. The fourth-order valence-electron chi connectivity index (χ4n) is 7.93. The zero-order valence-corrected chi connectivity index (χ0v) is 28.5. The minimum atomic E-state index is 1.17. The van der Waals surface area contributed by atoms with E-state index < -0.39 is 0 Å². The number of fused-ring (bicyclic) bond motifs is 6. The van der Waals surface area contributed by atoms with Crippen LogP contribution in [0.25, 0.3) is 89.4 Å². The molecule has 244 valence electrons. The third-order valence-corrected chi connectivity index (χ3v) is 10.4. The molecular formula is C50H34N2. The van der Waals surface area contributed by atoms with Crippen LogP contribution in [0, 0.1) is 0 Å². The number of para-hydroxylation sites is 6. The molecule has 2 heteroatoms. The predicted octanol–water partition coefficient (Wildman–Crippen LogP) is 13.4. The molecule has 0 saturated carbocycles. The second-order valence-electron chi connectivity index (χ2n) is 13.4. The van der Waals surface area contributed by atoms with Crippen molar-refractivity contribution in [2.24, 2.45) is 0 Å². The monoisotopic (exact) mass is 662 g/mol. The van der Waals surface area contributed by atoms with Crippen molar-refractivity contribution in [2.75, 3.05) is 0 Å². The van der Waals surface area contributed by atoms with E-state index in [0.717, 1.165) is 0 Å². The topological polar surface area (TPSA) is 9.86 Å². The molecule has 0 atom stereocenters. The summed E-state index contributed by atoms with van der Waals surface area (Å²) in [4.78, 5) is 0. The van der Waals surface area contributed by atoms with Gasteiger partial charge in [0.2, 0.25) is 0 Å². The van der Waals surface area contributed by atoms with Crippen LogP contribution in [0.4, 0.5) is 0 Å². The van der Waals surface area contributed by atoms with Crippen LogP contribution in [-0.4, -0.2) is 9.13 Å². The molecule has 2 aromatic heterocycles. The Labute approximate surface area is 302 Å². The van der Waals surface area contributed by atoms with Crippen molar-refractivity contribution >= 4 is 55.8 Å². The third kappa shape index (κ3) is 4.96. The van der Waals surface area contributed by atoms with Crippen LogP contribution in [-0.2, 0) is 0 Å². The standard InChI is InChI=1S/C50H34N2/c1-7-19-45(51-47-21-9-3-15-41(47)42-16-4-10-22-48(42)51)39(13-1)37-31-27-35(28-32-37)25-26-36-29-33-38(34-30-36)40-14-2-8-20-46(40)52-49-23-11-5-17-43(49)44-18-6-12-24-50(44)52/h1-34H/b26-25+. The highest BCUT2D eigenvalue weighted by Crippen LogP contribution is 2.38. The van der Waals surface area contributed by atoms with Crippen LogP contribution in [0.5, 0.6) is 0 Å². The lowest BCUT2D eigenvalue weighted by atomic mass is 10.0. The van der Waals surface area contributed by atoms with Crippen LogP contribution in [0.15, 0.2) is 194 Å². The fraction of sp³-hybridized carbons (Fsp3) is 0. The Morgan fingerprint density at radius 3 is 0.904 bits per heavy atom. The second kappa shape index (κ2) is 12.5. The smallest absolute Gasteiger partial charge is 0.0541 e. The molecule has 0 N–H and O–H groups in total. The summed E-state index contributed by atoms with van der Waals surface area (Å²) in [5, 5.41) is 5.09. The molecule has 10 rings (SSSR count). The van der Waals surface area contributed by atoms with Crippen molar-refractivity contribution in [1.29, 1.82) is 0 Å². The SMILES string of the molecule is C(=C\c1ccc(-c2ccccc2-n2c3ccccc3c3ccccc32)cc1)/c1ccc(-c2ccccc2-n2c3ccccc3c3ccccc32)cc1. The molecule has 0 saturated heterocycles. The van der Waals surface area contributed by atoms with Gasteiger partial charge < -0.3 is 9.13 Å².